The molecule has 2 rings (SSSR count). The van der Waals surface area contributed by atoms with Crippen molar-refractivity contribution in [3.63, 3.8) is 0 Å². The van der Waals surface area contributed by atoms with E-state index >= 15 is 0 Å². The standard InChI is InChI=1S/C14H28N2O/c1-12-10-15-14(2,3)11-16(12)8-7-13-6-4-5-9-17-13/h12-13,15H,4-11H2,1-3H3. The van der Waals surface area contributed by atoms with Gasteiger partial charge in [-0.05, 0) is 46.5 Å². The van der Waals surface area contributed by atoms with Crippen molar-refractivity contribution in [2.24, 2.45) is 0 Å². The van der Waals surface area contributed by atoms with Gasteiger partial charge >= 0.3 is 0 Å². The van der Waals surface area contributed by atoms with Gasteiger partial charge in [0.25, 0.3) is 0 Å². The largest absolute Gasteiger partial charge is 0.378 e. The van der Waals surface area contributed by atoms with Crippen molar-refractivity contribution in [3.8, 4) is 0 Å². The summed E-state index contributed by atoms with van der Waals surface area (Å²) in [7, 11) is 0. The number of piperazine rings is 1. The summed E-state index contributed by atoms with van der Waals surface area (Å²) in [6, 6.07) is 0.659. The molecular weight excluding hydrogens is 212 g/mol. The molecule has 0 spiro atoms. The van der Waals surface area contributed by atoms with Gasteiger partial charge < -0.3 is 10.1 Å². The predicted molar refractivity (Wildman–Crippen MR) is 71.3 cm³/mol. The Kier molecular flexibility index (Phi) is 4.45. The molecule has 17 heavy (non-hydrogen) atoms. The summed E-state index contributed by atoms with van der Waals surface area (Å²) < 4.78 is 5.81. The molecule has 2 atom stereocenters. The number of nitrogens with one attached hydrogen (secondary N) is 1. The van der Waals surface area contributed by atoms with Crippen LogP contribution in [-0.2, 0) is 4.74 Å². The monoisotopic (exact) mass is 240 g/mol. The van der Waals surface area contributed by atoms with Crippen LogP contribution in [-0.4, -0.2) is 48.8 Å². The van der Waals surface area contributed by atoms with Gasteiger partial charge in [0, 0.05) is 37.8 Å². The summed E-state index contributed by atoms with van der Waals surface area (Å²) in [6.45, 7) is 11.3. The highest BCUT2D eigenvalue weighted by Crippen LogP contribution is 2.19. The number of nitrogens with zero attached hydrogens (tertiary/aromatic N) is 1. The molecule has 3 heteroatoms. The Labute approximate surface area is 106 Å². The molecule has 0 aromatic heterocycles. The first-order valence-electron chi connectivity index (χ1n) is 7.17. The van der Waals surface area contributed by atoms with Crippen LogP contribution < -0.4 is 5.32 Å². The van der Waals surface area contributed by atoms with E-state index in [0.717, 1.165) is 19.7 Å². The van der Waals surface area contributed by atoms with E-state index in [1.54, 1.807) is 0 Å². The van der Waals surface area contributed by atoms with Gasteiger partial charge in [0.2, 0.25) is 0 Å². The van der Waals surface area contributed by atoms with Crippen LogP contribution in [0.25, 0.3) is 0 Å². The molecule has 0 radical (unpaired) electrons. The van der Waals surface area contributed by atoms with Crippen LogP contribution in [0.4, 0.5) is 0 Å². The quantitative estimate of drug-likeness (QED) is 0.817. The van der Waals surface area contributed by atoms with Gasteiger partial charge in [0.15, 0.2) is 0 Å². The zero-order chi connectivity index (χ0) is 12.3. The zero-order valence-electron chi connectivity index (χ0n) is 11.7. The van der Waals surface area contributed by atoms with Crippen molar-refractivity contribution < 1.29 is 4.74 Å². The van der Waals surface area contributed by atoms with Crippen LogP contribution in [0.2, 0.25) is 0 Å². The lowest BCUT2D eigenvalue weighted by Gasteiger charge is -2.44. The van der Waals surface area contributed by atoms with E-state index in [4.69, 9.17) is 4.74 Å². The first kappa shape index (κ1) is 13.3. The van der Waals surface area contributed by atoms with Crippen molar-refractivity contribution in [3.05, 3.63) is 0 Å². The summed E-state index contributed by atoms with van der Waals surface area (Å²) >= 11 is 0. The van der Waals surface area contributed by atoms with Gasteiger partial charge in [0.1, 0.15) is 0 Å². The smallest absolute Gasteiger partial charge is 0.0587 e. The summed E-state index contributed by atoms with van der Waals surface area (Å²) in [6.07, 6.45) is 5.61. The summed E-state index contributed by atoms with van der Waals surface area (Å²) in [5.74, 6) is 0. The molecule has 3 nitrogen and oxygen atoms in total. The molecule has 2 fully saturated rings. The normalized spacial score (nSPS) is 34.8. The third-order valence-corrected chi connectivity index (χ3v) is 4.11. The minimum atomic E-state index is 0.264. The van der Waals surface area contributed by atoms with Gasteiger partial charge in [0.05, 0.1) is 6.10 Å². The predicted octanol–water partition coefficient (Wildman–Crippen LogP) is 2.02. The molecule has 0 bridgehead atoms. The average Bonchev–Trinajstić information content (AvgIpc) is 2.32. The number of rotatable bonds is 3. The molecule has 0 aromatic rings. The van der Waals surface area contributed by atoms with Crippen LogP contribution in [0, 0.1) is 0 Å². The molecule has 0 saturated carbocycles. The molecular formula is C14H28N2O. The van der Waals surface area contributed by atoms with Gasteiger partial charge in [-0.2, -0.15) is 0 Å². The second kappa shape index (κ2) is 5.68. The molecule has 100 valence electrons. The lowest BCUT2D eigenvalue weighted by molar-refractivity contribution is -0.00178. The molecule has 2 saturated heterocycles. The van der Waals surface area contributed by atoms with E-state index in [0.29, 0.717) is 12.1 Å². The lowest BCUT2D eigenvalue weighted by atomic mass is 9.98. The molecule has 2 aliphatic rings. The van der Waals surface area contributed by atoms with Crippen LogP contribution in [0.5, 0.6) is 0 Å². The van der Waals surface area contributed by atoms with Crippen molar-refractivity contribution in [1.29, 1.82) is 0 Å². The van der Waals surface area contributed by atoms with Crippen molar-refractivity contribution in [2.45, 2.75) is 64.1 Å². The van der Waals surface area contributed by atoms with Crippen LogP contribution in [0.1, 0.15) is 46.5 Å². The summed E-state index contributed by atoms with van der Waals surface area (Å²) in [5.41, 5.74) is 0.264. The third-order valence-electron chi connectivity index (χ3n) is 4.11. The fraction of sp³-hybridized carbons (Fsp3) is 1.00. The molecule has 0 amide bonds. The van der Waals surface area contributed by atoms with Crippen LogP contribution in [0.15, 0.2) is 0 Å². The molecule has 2 unspecified atom stereocenters. The minimum absolute atomic E-state index is 0.264. The fourth-order valence-electron chi connectivity index (χ4n) is 2.92. The molecule has 2 aliphatic heterocycles. The minimum Gasteiger partial charge on any atom is -0.378 e. The summed E-state index contributed by atoms with van der Waals surface area (Å²) in [5, 5.41) is 3.60. The maximum absolute atomic E-state index is 5.81. The Bertz CT molecular complexity index is 236. The fourth-order valence-corrected chi connectivity index (χ4v) is 2.92. The first-order valence-corrected chi connectivity index (χ1v) is 7.17. The Morgan fingerprint density at radius 2 is 2.18 bits per heavy atom. The second-order valence-electron chi connectivity index (χ2n) is 6.36. The van der Waals surface area contributed by atoms with E-state index in [1.807, 2.05) is 0 Å². The highest BCUT2D eigenvalue weighted by atomic mass is 16.5. The van der Waals surface area contributed by atoms with Crippen LogP contribution in [0.3, 0.4) is 0 Å². The maximum Gasteiger partial charge on any atom is 0.0587 e. The Morgan fingerprint density at radius 1 is 1.35 bits per heavy atom. The molecule has 0 aromatic carbocycles. The van der Waals surface area contributed by atoms with Gasteiger partial charge in [-0.15, -0.1) is 0 Å². The molecule has 2 heterocycles. The highest BCUT2D eigenvalue weighted by molar-refractivity contribution is 4.90. The number of hydrogen-bond donors (Lipinski definition) is 1. The third kappa shape index (κ3) is 3.94. The van der Waals surface area contributed by atoms with Gasteiger partial charge in [-0.3, -0.25) is 4.90 Å². The van der Waals surface area contributed by atoms with E-state index in [1.165, 1.54) is 32.2 Å². The zero-order valence-corrected chi connectivity index (χ0v) is 11.7. The second-order valence-corrected chi connectivity index (χ2v) is 6.36. The number of hydrogen-bond acceptors (Lipinski definition) is 3. The SMILES string of the molecule is CC1CNC(C)(C)CN1CCC1CCCCO1. The Hall–Kier alpha value is -0.120. The lowest BCUT2D eigenvalue weighted by Crippen LogP contribution is -2.61. The van der Waals surface area contributed by atoms with Crippen LogP contribution >= 0.6 is 0 Å². The van der Waals surface area contributed by atoms with E-state index in [2.05, 4.69) is 31.0 Å². The maximum atomic E-state index is 5.81. The van der Waals surface area contributed by atoms with E-state index < -0.39 is 0 Å². The van der Waals surface area contributed by atoms with Crippen molar-refractivity contribution in [2.75, 3.05) is 26.2 Å². The Balaban J connectivity index is 1.76. The number of ether oxygens (including phenoxy) is 1. The molecule has 1 N–H and O–H groups in total. The Morgan fingerprint density at radius 3 is 2.88 bits per heavy atom. The topological polar surface area (TPSA) is 24.5 Å². The van der Waals surface area contributed by atoms with Crippen molar-refractivity contribution in [1.82, 2.24) is 10.2 Å². The van der Waals surface area contributed by atoms with Crippen molar-refractivity contribution >= 4 is 0 Å². The van der Waals surface area contributed by atoms with E-state index in [9.17, 15) is 0 Å². The average molecular weight is 240 g/mol. The highest BCUT2D eigenvalue weighted by Gasteiger charge is 2.30. The van der Waals surface area contributed by atoms with Gasteiger partial charge in [-0.25, -0.2) is 0 Å². The molecule has 0 aliphatic carbocycles. The summed E-state index contributed by atoms with van der Waals surface area (Å²) in [4.78, 5) is 2.62. The van der Waals surface area contributed by atoms with E-state index in [-0.39, 0.29) is 5.54 Å². The van der Waals surface area contributed by atoms with Gasteiger partial charge in [-0.1, -0.05) is 0 Å². The first-order chi connectivity index (χ1) is 8.07.